The van der Waals surface area contributed by atoms with E-state index in [-0.39, 0.29) is 31.8 Å². The van der Waals surface area contributed by atoms with E-state index in [0.29, 0.717) is 0 Å². The van der Waals surface area contributed by atoms with E-state index >= 15 is 0 Å². The van der Waals surface area contributed by atoms with E-state index in [2.05, 4.69) is 10.6 Å². The number of carbonyl (C=O) groups is 6. The molecule has 2 amide bonds. The number of amides is 2. The van der Waals surface area contributed by atoms with Crippen molar-refractivity contribution in [2.75, 3.05) is 0 Å². The van der Waals surface area contributed by atoms with E-state index in [4.69, 9.17) is 56.8 Å². The largest absolute Gasteiger partial charge is 0.435 e. The van der Waals surface area contributed by atoms with Gasteiger partial charge >= 0.3 is 0 Å². The summed E-state index contributed by atoms with van der Waals surface area (Å²) in [5.41, 5.74) is -2.09. The molecule has 73 heavy (non-hydrogen) atoms. The van der Waals surface area contributed by atoms with Crippen LogP contribution >= 0.6 is 0 Å². The quantitative estimate of drug-likeness (QED) is 0.0536. The zero-order valence-electron chi connectivity index (χ0n) is 41.4. The molecular weight excluding hydrogens is 988 g/mol. The van der Waals surface area contributed by atoms with Crippen LogP contribution in [0.2, 0.25) is 0 Å². The highest BCUT2D eigenvalue weighted by molar-refractivity contribution is 5.77. The fourth-order valence-electron chi connectivity index (χ4n) is 8.70. The van der Waals surface area contributed by atoms with Crippen LogP contribution in [0.5, 0.6) is 0 Å². The second-order valence-corrected chi connectivity index (χ2v) is 20.3. The summed E-state index contributed by atoms with van der Waals surface area (Å²) in [4.78, 5) is 73.7. The van der Waals surface area contributed by atoms with E-state index in [1.165, 1.54) is 13.8 Å². The number of rotatable bonds is 19. The molecule has 11 N–H and O–H groups in total. The average Bonchev–Trinajstić information content (AvgIpc) is 3.29. The standard InChI is InChI=1S/C44H70N2O27/c1-15(51)10-21(53)46-22-16(2)63-38(28(58)25(22)55)70-36-27(57)30(60)40(71-42(36)62-14-50)69-35-31(61)41(66-20(13-49)33(35)72-43(4,5)6)67-32-19(12-48)65-39(29(59)26(32)56)68-34-23(45-17(3)52)37(73-44(7,8)9)64-18(11-47)24(34)54/h11-16,18-20,22-42,51,54-61H,10H2,1-9H3,(H,45,52)(H,46,53)/t15-,16?,18?,19?,20?,22+,23?,24+,25+,26-,27-,28?,29?,30?,31?,32+,33+,34-,35-,36-,37+,38+,39+,40-,41+,42?/m1/s1. The van der Waals surface area contributed by atoms with Crippen LogP contribution < -0.4 is 10.6 Å². The highest BCUT2D eigenvalue weighted by Gasteiger charge is 2.58. The minimum absolute atomic E-state index is 0.112. The Labute approximate surface area is 418 Å². The Morgan fingerprint density at radius 2 is 0.986 bits per heavy atom. The van der Waals surface area contributed by atoms with E-state index in [1.54, 1.807) is 41.5 Å². The molecule has 0 spiro atoms. The first-order valence-corrected chi connectivity index (χ1v) is 23.4. The number of hydrogen-bond donors (Lipinski definition) is 11. The van der Waals surface area contributed by atoms with Crippen molar-refractivity contribution >= 4 is 37.1 Å². The maximum Gasteiger partial charge on any atom is 0.295 e. The molecule has 0 aromatic rings. The van der Waals surface area contributed by atoms with Gasteiger partial charge in [-0.2, -0.15) is 0 Å². The molecule has 0 radical (unpaired) electrons. The number of aliphatic hydroxyl groups excluding tert-OH is 9. The molecule has 5 rings (SSSR count). The summed E-state index contributed by atoms with van der Waals surface area (Å²) in [5, 5.41) is 105. The summed E-state index contributed by atoms with van der Waals surface area (Å²) in [6.07, 6.45) is -44.2. The molecule has 5 aliphatic rings. The highest BCUT2D eigenvalue weighted by Crippen LogP contribution is 2.37. The predicted octanol–water partition coefficient (Wildman–Crippen LogP) is -6.45. The maximum absolute atomic E-state index is 12.7. The SMILES string of the molecule is CC(=O)NC1[C@H](OC(C)(C)C)OC(C=O)[C@H](O)[C@@H]1O[C@@H]1OC(C=O)[C@H](O[C@@H]2OC(C=O)[C@H](OC(C)(C)C)[C@H](O[C@@H]3OC(OC=O)[C@H](O[C@@H]4OC(C)[C@H](NC(=O)C[C@@H](C)O)[C@H](O)C4O)[C@H](O)C3O)C2O)[C@H](O)C1O. The molecule has 0 aliphatic carbocycles. The summed E-state index contributed by atoms with van der Waals surface area (Å²) >= 11 is 0. The lowest BCUT2D eigenvalue weighted by atomic mass is 9.94. The third-order valence-corrected chi connectivity index (χ3v) is 12.0. The van der Waals surface area contributed by atoms with Gasteiger partial charge in [0.25, 0.3) is 6.47 Å². The van der Waals surface area contributed by atoms with Crippen molar-refractivity contribution in [2.45, 2.75) is 240 Å². The summed E-state index contributed by atoms with van der Waals surface area (Å²) in [6, 6.07) is -2.60. The van der Waals surface area contributed by atoms with Crippen molar-refractivity contribution in [3.05, 3.63) is 0 Å². The van der Waals surface area contributed by atoms with Gasteiger partial charge in [0.05, 0.1) is 35.9 Å². The predicted molar refractivity (Wildman–Crippen MR) is 233 cm³/mol. The first-order valence-electron chi connectivity index (χ1n) is 23.4. The van der Waals surface area contributed by atoms with Gasteiger partial charge in [-0.3, -0.25) is 14.4 Å². The van der Waals surface area contributed by atoms with Crippen LogP contribution in [0.4, 0.5) is 0 Å². The molecule has 29 nitrogen and oxygen atoms in total. The Bertz CT molecular complexity index is 1850. The Morgan fingerprint density at radius 1 is 0.521 bits per heavy atom. The molecule has 0 aromatic carbocycles. The summed E-state index contributed by atoms with van der Waals surface area (Å²) in [6.45, 7) is 13.3. The molecule has 0 bridgehead atoms. The average molecular weight is 1060 g/mol. The third-order valence-electron chi connectivity index (χ3n) is 12.0. The maximum atomic E-state index is 12.7. The zero-order chi connectivity index (χ0) is 54.6. The van der Waals surface area contributed by atoms with Gasteiger partial charge in [-0.05, 0) is 55.4 Å². The van der Waals surface area contributed by atoms with Crippen molar-refractivity contribution in [3.63, 3.8) is 0 Å². The number of ether oxygens (including phenoxy) is 12. The Morgan fingerprint density at radius 3 is 1.52 bits per heavy atom. The Kier molecular flexibility index (Phi) is 20.9. The minimum Gasteiger partial charge on any atom is -0.435 e. The number of carbonyl (C=O) groups excluding carboxylic acids is 6. The van der Waals surface area contributed by atoms with Gasteiger partial charge < -0.3 is 128 Å². The lowest BCUT2D eigenvalue weighted by Crippen LogP contribution is -2.69. The molecule has 5 saturated heterocycles. The topological polar surface area (TPSA) is 419 Å². The summed E-state index contributed by atoms with van der Waals surface area (Å²) in [5.74, 6) is -1.34. The van der Waals surface area contributed by atoms with Crippen LogP contribution in [0, 0.1) is 0 Å². The fourth-order valence-corrected chi connectivity index (χ4v) is 8.70. The van der Waals surface area contributed by atoms with Crippen LogP contribution in [0.25, 0.3) is 0 Å². The Balaban J connectivity index is 1.36. The second-order valence-electron chi connectivity index (χ2n) is 20.3. The molecule has 5 aliphatic heterocycles. The molecular formula is C44H70N2O27. The van der Waals surface area contributed by atoms with Crippen LogP contribution in [-0.2, 0) is 85.6 Å². The van der Waals surface area contributed by atoms with Crippen LogP contribution in [0.15, 0.2) is 0 Å². The van der Waals surface area contributed by atoms with Crippen molar-refractivity contribution in [2.24, 2.45) is 0 Å². The Hall–Kier alpha value is -3.38. The van der Waals surface area contributed by atoms with E-state index in [1.807, 2.05) is 0 Å². The molecule has 10 unspecified atom stereocenters. The smallest absolute Gasteiger partial charge is 0.295 e. The van der Waals surface area contributed by atoms with Gasteiger partial charge in [0.1, 0.15) is 97.6 Å². The van der Waals surface area contributed by atoms with Crippen molar-refractivity contribution in [1.82, 2.24) is 10.6 Å². The normalized spacial score (nSPS) is 44.0. The van der Waals surface area contributed by atoms with Gasteiger partial charge in [-0.15, -0.1) is 0 Å². The van der Waals surface area contributed by atoms with Crippen molar-refractivity contribution in [3.8, 4) is 0 Å². The number of aldehydes is 3. The lowest BCUT2D eigenvalue weighted by molar-refractivity contribution is -0.402. The minimum atomic E-state index is -2.21. The number of hydrogen-bond acceptors (Lipinski definition) is 27. The molecule has 0 saturated carbocycles. The highest BCUT2D eigenvalue weighted by atomic mass is 16.8. The van der Waals surface area contributed by atoms with E-state index < -0.39 is 183 Å². The van der Waals surface area contributed by atoms with E-state index in [9.17, 15) is 74.7 Å². The van der Waals surface area contributed by atoms with Crippen LogP contribution in [0.1, 0.15) is 68.7 Å². The fraction of sp³-hybridized carbons (Fsp3) is 0.864. The lowest BCUT2D eigenvalue weighted by Gasteiger charge is -2.50. The molecule has 26 atom stereocenters. The number of nitrogens with one attached hydrogen (secondary N) is 2. The third kappa shape index (κ3) is 14.8. The monoisotopic (exact) mass is 1060 g/mol. The summed E-state index contributed by atoms with van der Waals surface area (Å²) < 4.78 is 68.9. The van der Waals surface area contributed by atoms with Crippen LogP contribution in [-0.4, -0.2) is 254 Å². The zero-order valence-corrected chi connectivity index (χ0v) is 41.4. The number of aliphatic hydroxyl groups is 9. The first-order chi connectivity index (χ1) is 34.0. The van der Waals surface area contributed by atoms with Gasteiger partial charge in [0.15, 0.2) is 56.4 Å². The molecule has 5 heterocycles. The molecule has 5 fully saturated rings. The van der Waals surface area contributed by atoms with Gasteiger partial charge in [0, 0.05) is 6.92 Å². The summed E-state index contributed by atoms with van der Waals surface area (Å²) in [7, 11) is 0. The molecule has 29 heteroatoms. The van der Waals surface area contributed by atoms with E-state index in [0.717, 1.165) is 6.92 Å². The molecule has 418 valence electrons. The first kappa shape index (κ1) is 60.5. The second kappa shape index (κ2) is 25.2. The molecule has 0 aromatic heterocycles. The van der Waals surface area contributed by atoms with Gasteiger partial charge in [-0.1, -0.05) is 0 Å². The van der Waals surface area contributed by atoms with Crippen molar-refractivity contribution in [1.29, 1.82) is 0 Å². The van der Waals surface area contributed by atoms with Crippen LogP contribution in [0.3, 0.4) is 0 Å². The van der Waals surface area contributed by atoms with Gasteiger partial charge in [0.2, 0.25) is 18.1 Å². The van der Waals surface area contributed by atoms with Crippen molar-refractivity contribution < 1.29 is 132 Å². The van der Waals surface area contributed by atoms with Gasteiger partial charge in [-0.25, -0.2) is 0 Å².